The molecule has 2 amide bonds. The molecule has 0 spiro atoms. The third kappa shape index (κ3) is 5.31. The van der Waals surface area contributed by atoms with Crippen LogP contribution in [0.25, 0.3) is 0 Å². The van der Waals surface area contributed by atoms with Crippen molar-refractivity contribution in [1.29, 1.82) is 5.26 Å². The summed E-state index contributed by atoms with van der Waals surface area (Å²) in [4.78, 5) is 33.6. The predicted octanol–water partition coefficient (Wildman–Crippen LogP) is 1.37. The minimum atomic E-state index is -3.12. The van der Waals surface area contributed by atoms with E-state index in [1.54, 1.807) is 18.2 Å². The van der Waals surface area contributed by atoms with Gasteiger partial charge in [-0.25, -0.2) is 13.8 Å². The number of amides is 2. The van der Waals surface area contributed by atoms with Crippen LogP contribution in [-0.2, 0) is 4.79 Å². The molecule has 0 aromatic carbocycles. The maximum Gasteiger partial charge on any atom is 0.268 e. The highest BCUT2D eigenvalue weighted by atomic mass is 19.3. The molecule has 1 atom stereocenters. The van der Waals surface area contributed by atoms with Gasteiger partial charge in [0.1, 0.15) is 6.04 Å². The topological polar surface area (TPSA) is 108 Å². The first-order valence-corrected chi connectivity index (χ1v) is 9.14. The number of aromatic nitrogens is 2. The Morgan fingerprint density at radius 1 is 1.32 bits per heavy atom. The summed E-state index contributed by atoms with van der Waals surface area (Å²) in [5.74, 6) is 1.62. The van der Waals surface area contributed by atoms with Crippen LogP contribution in [0.15, 0.2) is 36.8 Å². The molecule has 1 fully saturated rings. The van der Waals surface area contributed by atoms with Gasteiger partial charge in [-0.05, 0) is 12.1 Å². The molecule has 1 aliphatic heterocycles. The first-order valence-electron chi connectivity index (χ1n) is 9.14. The van der Waals surface area contributed by atoms with Crippen molar-refractivity contribution in [3.05, 3.63) is 53.5 Å². The number of halogens is 2. The molecule has 3 rings (SSSR count). The molecule has 0 aliphatic carbocycles. The van der Waals surface area contributed by atoms with E-state index in [1.165, 1.54) is 31.8 Å². The number of carbonyl (C=O) groups is 2. The van der Waals surface area contributed by atoms with Crippen LogP contribution in [0.3, 0.4) is 0 Å². The number of pyridine rings is 2. The molecule has 0 saturated carbocycles. The van der Waals surface area contributed by atoms with Gasteiger partial charge in [0.25, 0.3) is 11.8 Å². The zero-order valence-corrected chi connectivity index (χ0v) is 16.4. The maximum absolute atomic E-state index is 13.5. The first-order chi connectivity index (χ1) is 14.8. The highest BCUT2D eigenvalue weighted by Crippen LogP contribution is 2.31. The molecule has 2 aromatic rings. The average Bonchev–Trinajstić information content (AvgIpc) is 3.11. The second-order valence-electron chi connectivity index (χ2n) is 6.67. The summed E-state index contributed by atoms with van der Waals surface area (Å²) in [7, 11) is 1.49. The van der Waals surface area contributed by atoms with E-state index < -0.39 is 43.3 Å². The number of ether oxygens (including phenoxy) is 1. The number of hydrogen-bond acceptors (Lipinski definition) is 6. The monoisotopic (exact) mass is 425 g/mol. The van der Waals surface area contributed by atoms with Gasteiger partial charge in [-0.1, -0.05) is 11.8 Å². The Morgan fingerprint density at radius 2 is 2.13 bits per heavy atom. The Bertz CT molecular complexity index is 1090. The summed E-state index contributed by atoms with van der Waals surface area (Å²) >= 11 is 0. The molecule has 1 N–H and O–H groups in total. The quantitative estimate of drug-likeness (QED) is 0.742. The van der Waals surface area contributed by atoms with Crippen LogP contribution in [0, 0.1) is 23.2 Å². The van der Waals surface area contributed by atoms with Gasteiger partial charge in [-0.15, -0.1) is 0 Å². The van der Waals surface area contributed by atoms with Crippen molar-refractivity contribution in [1.82, 2.24) is 20.2 Å². The summed E-state index contributed by atoms with van der Waals surface area (Å²) in [5.41, 5.74) is 1.06. The number of likely N-dealkylation sites (tertiary alicyclic amines) is 1. The molecular formula is C21H17F2N5O3. The van der Waals surface area contributed by atoms with Crippen LogP contribution < -0.4 is 10.1 Å². The molecule has 10 heteroatoms. The van der Waals surface area contributed by atoms with Crippen LogP contribution in [-0.4, -0.2) is 58.8 Å². The third-order valence-electron chi connectivity index (χ3n) is 4.49. The lowest BCUT2D eigenvalue weighted by molar-refractivity contribution is -0.131. The van der Waals surface area contributed by atoms with E-state index in [4.69, 9.17) is 10.00 Å². The van der Waals surface area contributed by atoms with Crippen molar-refractivity contribution in [2.75, 3.05) is 20.2 Å². The highest BCUT2D eigenvalue weighted by molar-refractivity contribution is 5.98. The van der Waals surface area contributed by atoms with Gasteiger partial charge in [0.05, 0.1) is 37.4 Å². The standard InChI is InChI=1S/C21H17F2N5O3/c1-31-18-5-3-14(10-26-18)2-4-15-11-25-7-6-17(15)20(30)27-12-19(29)28-13-21(22,23)8-16(28)9-24/h3,5-7,10-11,16H,8,12-13H2,1H3,(H,27,30). The SMILES string of the molecule is COc1ccc(C#Cc2cnccc2C(=O)NCC(=O)N2CC(F)(F)CC2C#N)cn1. The van der Waals surface area contributed by atoms with E-state index in [9.17, 15) is 18.4 Å². The van der Waals surface area contributed by atoms with E-state index >= 15 is 0 Å². The van der Waals surface area contributed by atoms with Gasteiger partial charge < -0.3 is 15.0 Å². The number of hydrogen-bond donors (Lipinski definition) is 1. The minimum Gasteiger partial charge on any atom is -0.481 e. The molecule has 2 aromatic heterocycles. The summed E-state index contributed by atoms with van der Waals surface area (Å²) in [5, 5.41) is 11.4. The molecule has 158 valence electrons. The summed E-state index contributed by atoms with van der Waals surface area (Å²) in [6.07, 6.45) is 3.59. The molecule has 8 nitrogen and oxygen atoms in total. The molecule has 0 bridgehead atoms. The first kappa shape index (κ1) is 21.7. The predicted molar refractivity (Wildman–Crippen MR) is 104 cm³/mol. The number of methoxy groups -OCH3 is 1. The van der Waals surface area contributed by atoms with E-state index in [-0.39, 0.29) is 5.56 Å². The van der Waals surface area contributed by atoms with E-state index in [0.29, 0.717) is 17.0 Å². The number of carbonyl (C=O) groups excluding carboxylic acids is 2. The van der Waals surface area contributed by atoms with Crippen molar-refractivity contribution < 1.29 is 23.1 Å². The number of alkyl halides is 2. The van der Waals surface area contributed by atoms with E-state index in [1.807, 2.05) is 0 Å². The zero-order valence-electron chi connectivity index (χ0n) is 16.4. The van der Waals surface area contributed by atoms with Crippen LogP contribution in [0.2, 0.25) is 0 Å². The Morgan fingerprint density at radius 3 is 2.81 bits per heavy atom. The summed E-state index contributed by atoms with van der Waals surface area (Å²) in [6, 6.07) is 5.24. The van der Waals surface area contributed by atoms with Gasteiger partial charge in [-0.2, -0.15) is 5.26 Å². The Kier molecular flexibility index (Phi) is 6.41. The van der Waals surface area contributed by atoms with Crippen molar-refractivity contribution in [2.45, 2.75) is 18.4 Å². The third-order valence-corrected chi connectivity index (χ3v) is 4.49. The maximum atomic E-state index is 13.5. The Balaban J connectivity index is 1.68. The van der Waals surface area contributed by atoms with Gasteiger partial charge in [0.15, 0.2) is 0 Å². The second kappa shape index (κ2) is 9.18. The van der Waals surface area contributed by atoms with Crippen LogP contribution in [0.4, 0.5) is 8.78 Å². The fourth-order valence-corrected chi connectivity index (χ4v) is 2.95. The lowest BCUT2D eigenvalue weighted by Crippen LogP contribution is -2.43. The normalized spacial score (nSPS) is 16.6. The van der Waals surface area contributed by atoms with Gasteiger partial charge >= 0.3 is 0 Å². The Labute approximate surface area is 176 Å². The smallest absolute Gasteiger partial charge is 0.268 e. The fourth-order valence-electron chi connectivity index (χ4n) is 2.95. The molecule has 31 heavy (non-hydrogen) atoms. The van der Waals surface area contributed by atoms with Gasteiger partial charge in [0.2, 0.25) is 11.8 Å². The summed E-state index contributed by atoms with van der Waals surface area (Å²) in [6.45, 7) is -1.37. The number of rotatable bonds is 4. The van der Waals surface area contributed by atoms with Crippen LogP contribution in [0.5, 0.6) is 5.88 Å². The van der Waals surface area contributed by atoms with Crippen molar-refractivity contribution in [3.63, 3.8) is 0 Å². The van der Waals surface area contributed by atoms with E-state index in [2.05, 4.69) is 27.1 Å². The average molecular weight is 425 g/mol. The molecule has 1 unspecified atom stereocenters. The molecule has 0 radical (unpaired) electrons. The number of nitrogens with zero attached hydrogens (tertiary/aromatic N) is 4. The lowest BCUT2D eigenvalue weighted by atomic mass is 10.1. The van der Waals surface area contributed by atoms with Gasteiger partial charge in [0, 0.05) is 36.6 Å². The van der Waals surface area contributed by atoms with Crippen LogP contribution >= 0.6 is 0 Å². The van der Waals surface area contributed by atoms with Crippen molar-refractivity contribution in [3.8, 4) is 23.8 Å². The number of nitrogens with one attached hydrogen (secondary N) is 1. The highest BCUT2D eigenvalue weighted by Gasteiger charge is 2.47. The minimum absolute atomic E-state index is 0.167. The summed E-state index contributed by atoms with van der Waals surface area (Å²) < 4.78 is 32.0. The molecule has 1 aliphatic rings. The second-order valence-corrected chi connectivity index (χ2v) is 6.67. The van der Waals surface area contributed by atoms with E-state index in [0.717, 1.165) is 4.90 Å². The molecule has 1 saturated heterocycles. The number of nitriles is 1. The molecule has 3 heterocycles. The lowest BCUT2D eigenvalue weighted by Gasteiger charge is -2.19. The van der Waals surface area contributed by atoms with Crippen molar-refractivity contribution >= 4 is 11.8 Å². The van der Waals surface area contributed by atoms with Crippen LogP contribution in [0.1, 0.15) is 27.9 Å². The van der Waals surface area contributed by atoms with Gasteiger partial charge in [-0.3, -0.25) is 14.6 Å². The fraction of sp³-hybridized carbons (Fsp3) is 0.286. The Hall–Kier alpha value is -4.05. The van der Waals surface area contributed by atoms with Crippen molar-refractivity contribution in [2.24, 2.45) is 0 Å². The largest absolute Gasteiger partial charge is 0.481 e. The zero-order chi connectivity index (χ0) is 22.4. The molecular weight excluding hydrogens is 408 g/mol.